The number of ether oxygens (including phenoxy) is 1. The molecule has 0 bridgehead atoms. The van der Waals surface area contributed by atoms with Crippen LogP contribution in [0.25, 0.3) is 0 Å². The molecule has 0 saturated carbocycles. The molecule has 4 heteroatoms. The van der Waals surface area contributed by atoms with Crippen molar-refractivity contribution in [2.45, 2.75) is 38.9 Å². The molecular weight excluding hydrogens is 188 g/mol. The van der Waals surface area contributed by atoms with Gasteiger partial charge in [-0.05, 0) is 6.42 Å². The van der Waals surface area contributed by atoms with E-state index < -0.39 is 0 Å². The van der Waals surface area contributed by atoms with Gasteiger partial charge in [-0.1, -0.05) is 25.6 Å². The third-order valence-corrected chi connectivity index (χ3v) is 2.19. The van der Waals surface area contributed by atoms with Crippen molar-refractivity contribution in [3.8, 4) is 0 Å². The smallest absolute Gasteiger partial charge is 0.306 e. The van der Waals surface area contributed by atoms with E-state index in [4.69, 9.17) is 4.74 Å². The quantitative estimate of drug-likeness (QED) is 0.642. The molecule has 0 fully saturated rings. The Hall–Kier alpha value is -0.510. The highest BCUT2D eigenvalue weighted by atomic mass is 32.2. The molecule has 0 aromatic carbocycles. The molecule has 0 aromatic rings. The monoisotopic (exact) mass is 204 g/mol. The third-order valence-electron chi connectivity index (χ3n) is 1.29. The lowest BCUT2D eigenvalue weighted by Gasteiger charge is -2.07. The summed E-state index contributed by atoms with van der Waals surface area (Å²) in [6.45, 7) is 5.76. The molecule has 0 spiro atoms. The maximum Gasteiger partial charge on any atom is 0.306 e. The Morgan fingerprint density at radius 1 is 1.46 bits per heavy atom. The van der Waals surface area contributed by atoms with Gasteiger partial charge in [-0.3, -0.25) is 9.59 Å². The van der Waals surface area contributed by atoms with Crippen molar-refractivity contribution in [3.63, 3.8) is 0 Å². The van der Waals surface area contributed by atoms with Gasteiger partial charge in [0.05, 0.1) is 13.0 Å². The van der Waals surface area contributed by atoms with Gasteiger partial charge in [0.1, 0.15) is 0 Å². The van der Waals surface area contributed by atoms with Crippen LogP contribution in [-0.4, -0.2) is 22.9 Å². The summed E-state index contributed by atoms with van der Waals surface area (Å²) in [5, 5.41) is 0.0534. The predicted molar refractivity (Wildman–Crippen MR) is 53.6 cm³/mol. The number of rotatable bonds is 5. The van der Waals surface area contributed by atoms with E-state index in [1.54, 1.807) is 0 Å². The standard InChI is InChI=1S/C9H16O3S/c1-4-5-12-9(11)6-7(2)13-8(3)10/h7H,4-6H2,1-3H3/t7-/m1/s1. The van der Waals surface area contributed by atoms with Crippen molar-refractivity contribution >= 4 is 22.8 Å². The minimum atomic E-state index is -0.219. The van der Waals surface area contributed by atoms with Crippen LogP contribution >= 0.6 is 11.8 Å². The van der Waals surface area contributed by atoms with Gasteiger partial charge in [-0.15, -0.1) is 0 Å². The number of hydrogen-bond acceptors (Lipinski definition) is 4. The van der Waals surface area contributed by atoms with Crippen LogP contribution in [0.3, 0.4) is 0 Å². The van der Waals surface area contributed by atoms with E-state index in [0.717, 1.165) is 6.42 Å². The van der Waals surface area contributed by atoms with Crippen molar-refractivity contribution in [3.05, 3.63) is 0 Å². The van der Waals surface area contributed by atoms with Gasteiger partial charge in [0.2, 0.25) is 0 Å². The lowest BCUT2D eigenvalue weighted by atomic mass is 10.3. The Morgan fingerprint density at radius 3 is 2.54 bits per heavy atom. The van der Waals surface area contributed by atoms with Gasteiger partial charge < -0.3 is 4.74 Å². The molecule has 0 heterocycles. The molecule has 0 amide bonds. The molecule has 0 aliphatic carbocycles. The summed E-state index contributed by atoms with van der Waals surface area (Å²) in [5.41, 5.74) is 0. The van der Waals surface area contributed by atoms with E-state index in [9.17, 15) is 9.59 Å². The number of carbonyl (C=O) groups is 2. The highest BCUT2D eigenvalue weighted by Crippen LogP contribution is 2.14. The largest absolute Gasteiger partial charge is 0.466 e. The topological polar surface area (TPSA) is 43.4 Å². The van der Waals surface area contributed by atoms with Crippen LogP contribution < -0.4 is 0 Å². The van der Waals surface area contributed by atoms with Gasteiger partial charge in [-0.25, -0.2) is 0 Å². The van der Waals surface area contributed by atoms with Crippen molar-refractivity contribution in [1.29, 1.82) is 0 Å². The maximum atomic E-state index is 11.0. The van der Waals surface area contributed by atoms with Gasteiger partial charge >= 0.3 is 5.97 Å². The second-order valence-corrected chi connectivity index (χ2v) is 4.46. The first kappa shape index (κ1) is 12.5. The second-order valence-electron chi connectivity index (χ2n) is 2.84. The van der Waals surface area contributed by atoms with Gasteiger partial charge in [0, 0.05) is 12.2 Å². The van der Waals surface area contributed by atoms with Crippen LogP contribution in [0.2, 0.25) is 0 Å². The zero-order valence-electron chi connectivity index (χ0n) is 8.33. The number of hydrogen-bond donors (Lipinski definition) is 0. The first-order valence-electron chi connectivity index (χ1n) is 4.39. The molecular formula is C9H16O3S. The molecule has 76 valence electrons. The Morgan fingerprint density at radius 2 is 2.08 bits per heavy atom. The van der Waals surface area contributed by atoms with E-state index >= 15 is 0 Å². The van der Waals surface area contributed by atoms with Crippen molar-refractivity contribution in [2.24, 2.45) is 0 Å². The van der Waals surface area contributed by atoms with Crippen LogP contribution in [0.4, 0.5) is 0 Å². The summed E-state index contributed by atoms with van der Waals surface area (Å²) in [5.74, 6) is -0.219. The summed E-state index contributed by atoms with van der Waals surface area (Å²) in [6.07, 6.45) is 1.14. The number of thioether (sulfide) groups is 1. The zero-order valence-corrected chi connectivity index (χ0v) is 9.15. The van der Waals surface area contributed by atoms with Crippen LogP contribution in [-0.2, 0) is 14.3 Å². The Balaban J connectivity index is 3.59. The molecule has 13 heavy (non-hydrogen) atoms. The van der Waals surface area contributed by atoms with Gasteiger partial charge in [-0.2, -0.15) is 0 Å². The molecule has 0 radical (unpaired) electrons. The minimum absolute atomic E-state index is 0.0156. The average molecular weight is 204 g/mol. The second kappa shape index (κ2) is 6.95. The maximum absolute atomic E-state index is 11.0. The summed E-state index contributed by atoms with van der Waals surface area (Å²) in [4.78, 5) is 21.7. The van der Waals surface area contributed by atoms with E-state index in [0.29, 0.717) is 13.0 Å². The Labute approximate surface area is 83.2 Å². The normalized spacial score (nSPS) is 12.2. The SMILES string of the molecule is CCCOC(=O)C[C@@H](C)SC(C)=O. The first-order valence-corrected chi connectivity index (χ1v) is 5.27. The fraction of sp³-hybridized carbons (Fsp3) is 0.778. The fourth-order valence-corrected chi connectivity index (χ4v) is 1.62. The molecule has 0 saturated heterocycles. The van der Waals surface area contributed by atoms with Gasteiger partial charge in [0.15, 0.2) is 5.12 Å². The van der Waals surface area contributed by atoms with Crippen LogP contribution in [0.15, 0.2) is 0 Å². The predicted octanol–water partition coefficient (Wildman–Crippen LogP) is 2.00. The van der Waals surface area contributed by atoms with Crippen LogP contribution in [0, 0.1) is 0 Å². The van der Waals surface area contributed by atoms with E-state index in [1.165, 1.54) is 18.7 Å². The van der Waals surface area contributed by atoms with Gasteiger partial charge in [0.25, 0.3) is 0 Å². The lowest BCUT2D eigenvalue weighted by molar-refractivity contribution is -0.143. The van der Waals surface area contributed by atoms with E-state index in [2.05, 4.69) is 0 Å². The van der Waals surface area contributed by atoms with Crippen molar-refractivity contribution in [1.82, 2.24) is 0 Å². The molecule has 0 aliphatic rings. The van der Waals surface area contributed by atoms with Crippen LogP contribution in [0.1, 0.15) is 33.6 Å². The zero-order chi connectivity index (χ0) is 10.3. The Bertz CT molecular complexity index is 180. The first-order chi connectivity index (χ1) is 6.06. The highest BCUT2D eigenvalue weighted by molar-refractivity contribution is 8.14. The molecule has 0 aliphatic heterocycles. The molecule has 0 rings (SSSR count). The van der Waals surface area contributed by atoms with Crippen molar-refractivity contribution in [2.75, 3.05) is 6.61 Å². The minimum Gasteiger partial charge on any atom is -0.466 e. The third kappa shape index (κ3) is 7.84. The van der Waals surface area contributed by atoms with Crippen LogP contribution in [0.5, 0.6) is 0 Å². The Kier molecular flexibility index (Phi) is 6.68. The molecule has 0 aromatic heterocycles. The summed E-state index contributed by atoms with van der Waals surface area (Å²) in [6, 6.07) is 0. The summed E-state index contributed by atoms with van der Waals surface area (Å²) >= 11 is 1.18. The number of esters is 1. The molecule has 0 N–H and O–H groups in total. The number of carbonyl (C=O) groups excluding carboxylic acids is 2. The lowest BCUT2D eigenvalue weighted by Crippen LogP contribution is -2.12. The highest BCUT2D eigenvalue weighted by Gasteiger charge is 2.12. The average Bonchev–Trinajstić information content (AvgIpc) is 1.98. The van der Waals surface area contributed by atoms with Crippen molar-refractivity contribution < 1.29 is 14.3 Å². The van der Waals surface area contributed by atoms with E-state index in [-0.39, 0.29) is 16.3 Å². The molecule has 0 unspecified atom stereocenters. The summed E-state index contributed by atoms with van der Waals surface area (Å²) < 4.78 is 4.88. The molecule has 1 atom stereocenters. The summed E-state index contributed by atoms with van der Waals surface area (Å²) in [7, 11) is 0. The fourth-order valence-electron chi connectivity index (χ4n) is 0.835. The van der Waals surface area contributed by atoms with E-state index in [1.807, 2.05) is 13.8 Å². The molecule has 3 nitrogen and oxygen atoms in total.